The lowest BCUT2D eigenvalue weighted by Crippen LogP contribution is -2.42. The van der Waals surface area contributed by atoms with Crippen LogP contribution in [0.3, 0.4) is 0 Å². The van der Waals surface area contributed by atoms with Gasteiger partial charge in [-0.3, -0.25) is 9.59 Å². The summed E-state index contributed by atoms with van der Waals surface area (Å²) in [6, 6.07) is 31.9. The Labute approximate surface area is 427 Å². The number of piperidine rings is 2. The molecule has 4 aromatic carbocycles. The van der Waals surface area contributed by atoms with Crippen molar-refractivity contribution in [3.8, 4) is 0 Å². The molecule has 2 aliphatic heterocycles. The molecule has 0 radical (unpaired) electrons. The van der Waals surface area contributed by atoms with Gasteiger partial charge in [0, 0.05) is 70.8 Å². The average Bonchev–Trinajstić information content (AvgIpc) is 4.07. The lowest BCUT2D eigenvalue weighted by Gasteiger charge is -2.31. The summed E-state index contributed by atoms with van der Waals surface area (Å²) >= 11 is 11.7. The van der Waals surface area contributed by atoms with Crippen molar-refractivity contribution in [3.05, 3.63) is 160 Å². The Kier molecular flexibility index (Phi) is 17.5. The molecule has 24 heteroatoms. The number of carbonyl (C=O) groups excluding carboxylic acids is 3. The summed E-state index contributed by atoms with van der Waals surface area (Å²) in [4.78, 5) is 36.2. The molecule has 6 aromatic rings. The third-order valence-electron chi connectivity index (χ3n) is 11.6. The Morgan fingerprint density at radius 2 is 1.00 bits per heavy atom. The van der Waals surface area contributed by atoms with Crippen molar-refractivity contribution in [3.63, 3.8) is 0 Å². The number of esters is 1. The Morgan fingerprint density at radius 1 is 0.583 bits per heavy atom. The second-order valence-corrected chi connectivity index (χ2v) is 22.8. The highest BCUT2D eigenvalue weighted by Gasteiger charge is 2.33. The molecular weight excluding hydrogens is 1030 g/mol. The van der Waals surface area contributed by atoms with Gasteiger partial charge in [0.1, 0.15) is 11.5 Å². The van der Waals surface area contributed by atoms with Gasteiger partial charge in [-0.1, -0.05) is 35.3 Å². The van der Waals surface area contributed by atoms with Gasteiger partial charge in [0.25, 0.3) is 31.9 Å². The normalized spacial score (nSPS) is 15.2. The zero-order chi connectivity index (χ0) is 51.6. The molecule has 0 atom stereocenters. The van der Waals surface area contributed by atoms with E-state index in [0.29, 0.717) is 82.7 Å². The Bertz CT molecular complexity index is 3210. The third-order valence-corrected chi connectivity index (χ3v) is 16.6. The minimum atomic E-state index is -3.84. The number of ether oxygens (including phenoxy) is 1. The third kappa shape index (κ3) is 14.0. The number of amides is 2. The van der Waals surface area contributed by atoms with E-state index in [1.54, 1.807) is 78.9 Å². The van der Waals surface area contributed by atoms with E-state index >= 15 is 0 Å². The molecule has 2 aromatic heterocycles. The number of hydrogen-bond acceptors (Lipinski definition) is 14. The molecule has 2 fully saturated rings. The maximum absolute atomic E-state index is 13.1. The molecule has 2 amide bonds. The Hall–Kier alpha value is -6.24. The fourth-order valence-corrected chi connectivity index (χ4v) is 11.4. The standard InChI is InChI=1S/C25H26ClN3O6S.C23H25ClN4O6S2/c1-34-25(31)18-3-2-4-21(15-18)28-20-11-13-29(14-12-20)36(32,33)23-10-9-22(35-23)16-27-24(30)17-5-7-19(26)8-6-17;24-17-6-4-16(5-7-17)23(29)26-15-20-8-9-22(34-20)36(32,33)28-12-10-18(11-13-28)27-19-2-1-3-21(14-19)35(25,30)31/h2-10,15,20,28H,11-14,16H2,1H3,(H,27,30);1-9,14,18,27H,10-13,15H2,(H,26,29)(H2,25,30,31). The number of nitrogens with zero attached hydrogens (tertiary/aromatic N) is 2. The molecule has 4 heterocycles. The van der Waals surface area contributed by atoms with Gasteiger partial charge in [0.15, 0.2) is 0 Å². The highest BCUT2D eigenvalue weighted by molar-refractivity contribution is 7.89. The molecule has 8 rings (SSSR count). The van der Waals surface area contributed by atoms with Crippen LogP contribution < -0.4 is 26.4 Å². The van der Waals surface area contributed by atoms with Crippen molar-refractivity contribution in [2.75, 3.05) is 43.9 Å². The highest BCUT2D eigenvalue weighted by atomic mass is 35.5. The van der Waals surface area contributed by atoms with Crippen LogP contribution in [0.5, 0.6) is 0 Å². The molecule has 2 aliphatic rings. The molecule has 0 unspecified atom stereocenters. The van der Waals surface area contributed by atoms with Crippen LogP contribution in [0.25, 0.3) is 0 Å². The molecule has 0 spiro atoms. The fourth-order valence-electron chi connectivity index (χ4n) is 7.75. The van der Waals surface area contributed by atoms with E-state index in [1.807, 2.05) is 6.07 Å². The first-order valence-electron chi connectivity index (χ1n) is 22.4. The number of nitrogens with two attached hydrogens (primary N) is 1. The monoisotopic (exact) mass is 1080 g/mol. The number of primary sulfonamides is 1. The van der Waals surface area contributed by atoms with Gasteiger partial charge in [-0.15, -0.1) is 0 Å². The summed E-state index contributed by atoms with van der Waals surface area (Å²) < 4.78 is 93.9. The molecule has 19 nitrogen and oxygen atoms in total. The van der Waals surface area contributed by atoms with Crippen molar-refractivity contribution in [1.29, 1.82) is 0 Å². The van der Waals surface area contributed by atoms with E-state index in [4.69, 9.17) is 41.9 Å². The van der Waals surface area contributed by atoms with Crippen molar-refractivity contribution >= 4 is 82.4 Å². The fraction of sp³-hybridized carbons (Fsp3) is 0.271. The summed E-state index contributed by atoms with van der Waals surface area (Å²) in [5, 5.41) is 17.9. The van der Waals surface area contributed by atoms with Crippen molar-refractivity contribution in [2.24, 2.45) is 5.14 Å². The van der Waals surface area contributed by atoms with Gasteiger partial charge in [-0.2, -0.15) is 8.61 Å². The predicted molar refractivity (Wildman–Crippen MR) is 269 cm³/mol. The summed E-state index contributed by atoms with van der Waals surface area (Å²) in [5.74, 6) is -0.433. The highest BCUT2D eigenvalue weighted by Crippen LogP contribution is 2.27. The largest absolute Gasteiger partial charge is 0.465 e. The van der Waals surface area contributed by atoms with Crippen LogP contribution in [-0.2, 0) is 47.9 Å². The topological polar surface area (TPSA) is 270 Å². The Morgan fingerprint density at radius 3 is 1.42 bits per heavy atom. The Balaban J connectivity index is 0.000000211. The molecule has 72 heavy (non-hydrogen) atoms. The van der Waals surface area contributed by atoms with Crippen LogP contribution in [0.2, 0.25) is 10.0 Å². The maximum atomic E-state index is 13.1. The van der Waals surface area contributed by atoms with E-state index in [9.17, 15) is 39.6 Å². The first kappa shape index (κ1) is 53.6. The number of halogens is 2. The number of benzene rings is 4. The van der Waals surface area contributed by atoms with E-state index < -0.39 is 36.0 Å². The van der Waals surface area contributed by atoms with Crippen molar-refractivity contribution < 1.29 is 53.2 Å². The molecule has 0 aliphatic carbocycles. The lowest BCUT2D eigenvalue weighted by atomic mass is 10.1. The van der Waals surface area contributed by atoms with Gasteiger partial charge in [-0.05, 0) is 135 Å². The van der Waals surface area contributed by atoms with Crippen molar-refractivity contribution in [1.82, 2.24) is 19.2 Å². The molecule has 2 saturated heterocycles. The first-order chi connectivity index (χ1) is 34.3. The van der Waals surface area contributed by atoms with Gasteiger partial charge in [0.05, 0.1) is 30.7 Å². The first-order valence-corrected chi connectivity index (χ1v) is 27.6. The molecular formula is C48H51Cl2N7O12S3. The molecule has 382 valence electrons. The van der Waals surface area contributed by atoms with Gasteiger partial charge >= 0.3 is 5.97 Å². The van der Waals surface area contributed by atoms with Crippen LogP contribution >= 0.6 is 23.2 Å². The van der Waals surface area contributed by atoms with Crippen LogP contribution in [0.4, 0.5) is 11.4 Å². The number of methoxy groups -OCH3 is 1. The number of rotatable bonds is 16. The SMILES string of the molecule is COC(=O)c1cccc(NC2CCN(S(=O)(=O)c3ccc(CNC(=O)c4ccc(Cl)cc4)o3)CC2)c1.NS(=O)(=O)c1cccc(NC2CCN(S(=O)(=O)c3ccc(CNC(=O)c4ccc(Cl)cc4)o3)CC2)c1. The average molecular weight is 1090 g/mol. The van der Waals surface area contributed by atoms with E-state index in [0.717, 1.165) is 5.69 Å². The molecule has 0 saturated carbocycles. The summed E-state index contributed by atoms with van der Waals surface area (Å²) in [6.45, 7) is 1.24. The quantitative estimate of drug-likeness (QED) is 0.0632. The number of carbonyl (C=O) groups is 3. The van der Waals surface area contributed by atoms with Crippen LogP contribution in [0.15, 0.2) is 145 Å². The zero-order valence-corrected chi connectivity index (χ0v) is 42.6. The maximum Gasteiger partial charge on any atom is 0.337 e. The number of nitrogens with one attached hydrogen (secondary N) is 4. The van der Waals surface area contributed by atoms with Crippen LogP contribution in [0.1, 0.15) is 68.3 Å². The summed E-state index contributed by atoms with van der Waals surface area (Å²) in [7, 11) is -10.1. The lowest BCUT2D eigenvalue weighted by molar-refractivity contribution is 0.0600. The van der Waals surface area contributed by atoms with E-state index in [-0.39, 0.29) is 65.2 Å². The minimum absolute atomic E-state index is 0.00509. The van der Waals surface area contributed by atoms with Crippen molar-refractivity contribution in [2.45, 2.75) is 65.9 Å². The second-order valence-electron chi connectivity index (χ2n) is 16.6. The summed E-state index contributed by atoms with van der Waals surface area (Å²) in [6.07, 6.45) is 2.21. The van der Waals surface area contributed by atoms with Gasteiger partial charge in [0.2, 0.25) is 20.2 Å². The van der Waals surface area contributed by atoms with Gasteiger partial charge in [-0.25, -0.2) is 35.2 Å². The van der Waals surface area contributed by atoms with E-state index in [1.165, 1.54) is 52.1 Å². The number of furan rings is 2. The predicted octanol–water partition coefficient (Wildman–Crippen LogP) is 6.69. The molecule has 6 N–H and O–H groups in total. The number of anilines is 2. The van der Waals surface area contributed by atoms with Crippen LogP contribution in [0, 0.1) is 0 Å². The molecule has 0 bridgehead atoms. The zero-order valence-electron chi connectivity index (χ0n) is 38.6. The smallest absolute Gasteiger partial charge is 0.337 e. The summed E-state index contributed by atoms with van der Waals surface area (Å²) in [5.41, 5.74) is 2.68. The number of hydrogen-bond donors (Lipinski definition) is 5. The minimum Gasteiger partial charge on any atom is -0.465 e. The second kappa shape index (κ2) is 23.5. The van der Waals surface area contributed by atoms with Crippen LogP contribution in [-0.4, -0.2) is 97.0 Å². The number of sulfonamides is 3. The van der Waals surface area contributed by atoms with E-state index in [2.05, 4.69) is 21.3 Å². The van der Waals surface area contributed by atoms with Gasteiger partial charge < -0.3 is 34.8 Å².